The maximum absolute atomic E-state index is 12.6. The summed E-state index contributed by atoms with van der Waals surface area (Å²) in [5.74, 6) is 0.242. The van der Waals surface area contributed by atoms with Crippen molar-refractivity contribution in [3.8, 4) is 28.7 Å². The minimum atomic E-state index is -0.382. The molecule has 8 nitrogen and oxygen atoms in total. The highest BCUT2D eigenvalue weighted by molar-refractivity contribution is 6.32. The first-order chi connectivity index (χ1) is 16.4. The Morgan fingerprint density at radius 2 is 2.03 bits per heavy atom. The number of ether oxygens (including phenoxy) is 1. The van der Waals surface area contributed by atoms with Gasteiger partial charge in [-0.3, -0.25) is 14.7 Å². The fourth-order valence-electron chi connectivity index (χ4n) is 3.59. The van der Waals surface area contributed by atoms with Gasteiger partial charge in [0.25, 0.3) is 11.5 Å². The van der Waals surface area contributed by atoms with Crippen molar-refractivity contribution in [3.05, 3.63) is 98.2 Å². The summed E-state index contributed by atoms with van der Waals surface area (Å²) in [6.07, 6.45) is 3.30. The van der Waals surface area contributed by atoms with Gasteiger partial charge in [0, 0.05) is 40.7 Å². The smallest absolute Gasteiger partial charge is 0.253 e. The molecule has 3 N–H and O–H groups in total. The molecular formula is C25H20ClN5O3. The van der Waals surface area contributed by atoms with Crippen LogP contribution in [-0.2, 0) is 6.54 Å². The molecule has 0 aliphatic heterocycles. The SMILES string of the molecule is Cc1cc(C)c(CNC(=O)c2ccc(Oc3cccc(-c4cn[nH]c4)c3C#N)c(Cl)c2)c(=O)[nH]1. The van der Waals surface area contributed by atoms with Crippen molar-refractivity contribution in [1.29, 1.82) is 5.26 Å². The lowest BCUT2D eigenvalue weighted by atomic mass is 10.0. The zero-order valence-corrected chi connectivity index (χ0v) is 19.2. The Labute approximate surface area is 200 Å². The van der Waals surface area contributed by atoms with Crippen molar-refractivity contribution in [2.24, 2.45) is 0 Å². The summed E-state index contributed by atoms with van der Waals surface area (Å²) in [5.41, 5.74) is 3.89. The fourth-order valence-corrected chi connectivity index (χ4v) is 3.80. The van der Waals surface area contributed by atoms with Crippen molar-refractivity contribution in [3.63, 3.8) is 0 Å². The average molecular weight is 474 g/mol. The quantitative estimate of drug-likeness (QED) is 0.376. The minimum Gasteiger partial charge on any atom is -0.454 e. The Kier molecular flexibility index (Phi) is 6.48. The first-order valence-electron chi connectivity index (χ1n) is 10.3. The Hall–Kier alpha value is -4.35. The number of carbonyl (C=O) groups is 1. The van der Waals surface area contributed by atoms with Gasteiger partial charge in [-0.05, 0) is 49.7 Å². The van der Waals surface area contributed by atoms with E-state index in [0.717, 1.165) is 16.8 Å². The van der Waals surface area contributed by atoms with Crippen molar-refractivity contribution in [1.82, 2.24) is 20.5 Å². The molecule has 2 aromatic heterocycles. The van der Waals surface area contributed by atoms with Crippen molar-refractivity contribution in [2.45, 2.75) is 20.4 Å². The molecule has 0 atom stereocenters. The van der Waals surface area contributed by atoms with Gasteiger partial charge in [0.15, 0.2) is 0 Å². The summed E-state index contributed by atoms with van der Waals surface area (Å²) in [4.78, 5) is 27.5. The molecule has 0 saturated heterocycles. The number of H-pyrrole nitrogens is 2. The van der Waals surface area contributed by atoms with Gasteiger partial charge in [-0.15, -0.1) is 0 Å². The second-order valence-corrected chi connectivity index (χ2v) is 8.06. The average Bonchev–Trinajstić information content (AvgIpc) is 3.34. The van der Waals surface area contributed by atoms with Gasteiger partial charge < -0.3 is 15.0 Å². The lowest BCUT2D eigenvalue weighted by Crippen LogP contribution is -2.27. The molecule has 0 radical (unpaired) electrons. The number of pyridine rings is 1. The molecule has 0 unspecified atom stereocenters. The third-order valence-electron chi connectivity index (χ3n) is 5.28. The molecule has 9 heteroatoms. The molecule has 0 bridgehead atoms. The monoisotopic (exact) mass is 473 g/mol. The van der Waals surface area contributed by atoms with E-state index < -0.39 is 0 Å². The van der Waals surface area contributed by atoms with Gasteiger partial charge in [0.2, 0.25) is 0 Å². The van der Waals surface area contributed by atoms with Crippen LogP contribution in [0.2, 0.25) is 5.02 Å². The van der Waals surface area contributed by atoms with Crippen LogP contribution in [0.3, 0.4) is 0 Å². The van der Waals surface area contributed by atoms with E-state index in [-0.39, 0.29) is 23.0 Å². The Morgan fingerprint density at radius 1 is 1.21 bits per heavy atom. The van der Waals surface area contributed by atoms with E-state index in [1.54, 1.807) is 49.6 Å². The molecule has 170 valence electrons. The van der Waals surface area contributed by atoms with Crippen LogP contribution in [0.5, 0.6) is 11.5 Å². The predicted octanol–water partition coefficient (Wildman–Crippen LogP) is 4.63. The Balaban J connectivity index is 1.52. The number of aryl methyl sites for hydroxylation is 2. The number of amides is 1. The molecule has 4 aromatic rings. The molecule has 0 aliphatic rings. The number of hydrogen-bond donors (Lipinski definition) is 3. The summed E-state index contributed by atoms with van der Waals surface area (Å²) in [5, 5.41) is 19.3. The summed E-state index contributed by atoms with van der Waals surface area (Å²) >= 11 is 6.39. The number of halogens is 1. The van der Waals surface area contributed by atoms with Crippen molar-refractivity contribution < 1.29 is 9.53 Å². The first-order valence-corrected chi connectivity index (χ1v) is 10.7. The number of nitrogens with one attached hydrogen (secondary N) is 3. The number of aromatic amines is 2. The maximum atomic E-state index is 12.6. The summed E-state index contributed by atoms with van der Waals surface area (Å²) in [7, 11) is 0. The molecule has 0 spiro atoms. The maximum Gasteiger partial charge on any atom is 0.253 e. The number of nitriles is 1. The zero-order valence-electron chi connectivity index (χ0n) is 18.4. The summed E-state index contributed by atoms with van der Waals surface area (Å²) < 4.78 is 5.91. The van der Waals surface area contributed by atoms with E-state index in [2.05, 4.69) is 26.6 Å². The summed E-state index contributed by atoms with van der Waals surface area (Å²) in [6.45, 7) is 3.71. The van der Waals surface area contributed by atoms with E-state index in [1.165, 1.54) is 6.07 Å². The van der Waals surface area contributed by atoms with Crippen molar-refractivity contribution in [2.75, 3.05) is 0 Å². The largest absolute Gasteiger partial charge is 0.454 e. The molecule has 0 fully saturated rings. The highest BCUT2D eigenvalue weighted by Gasteiger charge is 2.16. The molecule has 34 heavy (non-hydrogen) atoms. The second kappa shape index (κ2) is 9.65. The van der Waals surface area contributed by atoms with Crippen LogP contribution in [0.4, 0.5) is 0 Å². The fraction of sp³-hybridized carbons (Fsp3) is 0.120. The topological polar surface area (TPSA) is 124 Å². The number of nitrogens with zero attached hydrogens (tertiary/aromatic N) is 2. The lowest BCUT2D eigenvalue weighted by molar-refractivity contribution is 0.0950. The van der Waals surface area contributed by atoms with Crippen LogP contribution >= 0.6 is 11.6 Å². The standard InChI is InChI=1S/C25H20ClN5O3/c1-14-8-15(2)31-25(33)20(14)13-28-24(32)16-6-7-23(21(26)9-16)34-22-5-3-4-18(19(22)10-27)17-11-29-30-12-17/h3-9,11-12H,13H2,1-2H3,(H,28,32)(H,29,30)(H,31,33). The normalized spacial score (nSPS) is 10.5. The van der Waals surface area contributed by atoms with Crippen LogP contribution in [-0.4, -0.2) is 21.1 Å². The molecule has 4 rings (SSSR count). The number of carbonyl (C=O) groups excluding carboxylic acids is 1. The third kappa shape index (κ3) is 4.70. The summed E-state index contributed by atoms with van der Waals surface area (Å²) in [6, 6.07) is 13.8. The van der Waals surface area contributed by atoms with E-state index in [0.29, 0.717) is 33.8 Å². The minimum absolute atomic E-state index is 0.0858. The highest BCUT2D eigenvalue weighted by Crippen LogP contribution is 2.35. The Morgan fingerprint density at radius 3 is 2.71 bits per heavy atom. The van der Waals surface area contributed by atoms with E-state index in [9.17, 15) is 14.9 Å². The van der Waals surface area contributed by atoms with Crippen LogP contribution in [0.15, 0.2) is 59.7 Å². The molecule has 1 amide bonds. The van der Waals surface area contributed by atoms with Gasteiger partial charge in [0.1, 0.15) is 23.1 Å². The number of benzene rings is 2. The van der Waals surface area contributed by atoms with Crippen LogP contribution in [0, 0.1) is 25.2 Å². The molecular weight excluding hydrogens is 454 g/mol. The van der Waals surface area contributed by atoms with E-state index in [4.69, 9.17) is 16.3 Å². The van der Waals surface area contributed by atoms with E-state index >= 15 is 0 Å². The lowest BCUT2D eigenvalue weighted by Gasteiger charge is -2.12. The van der Waals surface area contributed by atoms with Gasteiger partial charge in [-0.25, -0.2) is 0 Å². The number of rotatable bonds is 6. The van der Waals surface area contributed by atoms with Crippen LogP contribution < -0.4 is 15.6 Å². The van der Waals surface area contributed by atoms with Gasteiger partial charge in [0.05, 0.1) is 11.2 Å². The number of aromatic nitrogens is 3. The van der Waals surface area contributed by atoms with Crippen molar-refractivity contribution >= 4 is 17.5 Å². The predicted molar refractivity (Wildman–Crippen MR) is 128 cm³/mol. The molecule has 0 saturated carbocycles. The number of hydrogen-bond acceptors (Lipinski definition) is 5. The van der Waals surface area contributed by atoms with Gasteiger partial charge >= 0.3 is 0 Å². The first kappa shape index (κ1) is 22.8. The van der Waals surface area contributed by atoms with Crippen LogP contribution in [0.25, 0.3) is 11.1 Å². The van der Waals surface area contributed by atoms with E-state index in [1.807, 2.05) is 13.0 Å². The van der Waals surface area contributed by atoms with Gasteiger partial charge in [-0.2, -0.15) is 10.4 Å². The molecule has 0 aliphatic carbocycles. The van der Waals surface area contributed by atoms with Crippen LogP contribution in [0.1, 0.15) is 32.7 Å². The zero-order chi connectivity index (χ0) is 24.2. The third-order valence-corrected chi connectivity index (χ3v) is 5.58. The van der Waals surface area contributed by atoms with Gasteiger partial charge in [-0.1, -0.05) is 23.7 Å². The second-order valence-electron chi connectivity index (χ2n) is 7.65. The molecule has 2 heterocycles. The highest BCUT2D eigenvalue weighted by atomic mass is 35.5. The Bertz CT molecular complexity index is 1470. The molecule has 2 aromatic carbocycles.